The fourth-order valence-corrected chi connectivity index (χ4v) is 1.56. The van der Waals surface area contributed by atoms with E-state index in [2.05, 4.69) is 0 Å². The van der Waals surface area contributed by atoms with Crippen LogP contribution < -0.4 is 5.73 Å². The van der Waals surface area contributed by atoms with Gasteiger partial charge in [0, 0.05) is 11.8 Å². The van der Waals surface area contributed by atoms with Crippen molar-refractivity contribution in [1.82, 2.24) is 0 Å². The number of hydrogen-bond acceptors (Lipinski definition) is 3. The van der Waals surface area contributed by atoms with Crippen LogP contribution in [0.4, 0.5) is 0 Å². The topological polar surface area (TPSA) is 84.0 Å². The largest absolute Gasteiger partial charge is 0.384 e. The van der Waals surface area contributed by atoms with E-state index >= 15 is 0 Å². The monoisotopic (exact) mass is 234 g/mol. The Labute approximate surface area is 89.0 Å². The van der Waals surface area contributed by atoms with E-state index in [1.165, 1.54) is 12.1 Å². The van der Waals surface area contributed by atoms with Crippen molar-refractivity contribution in [3.05, 3.63) is 29.8 Å². The summed E-state index contributed by atoms with van der Waals surface area (Å²) in [4.78, 5) is 0.181. The number of nitrogen functional groups attached to an aromatic ring is 1. The molecule has 0 bridgehead atoms. The summed E-state index contributed by atoms with van der Waals surface area (Å²) in [6.07, 6.45) is 1.12. The molecule has 1 aromatic carbocycles. The summed E-state index contributed by atoms with van der Waals surface area (Å²) >= 11 is 0. The normalized spacial score (nSPS) is 10.4. The Morgan fingerprint density at radius 2 is 2.00 bits per heavy atom. The van der Waals surface area contributed by atoms with Crippen LogP contribution in [0.15, 0.2) is 29.2 Å². The van der Waals surface area contributed by atoms with E-state index in [9.17, 15) is 8.42 Å². The molecule has 0 spiro atoms. The Bertz CT molecular complexity index is 442. The van der Waals surface area contributed by atoms with Gasteiger partial charge in [-0.15, -0.1) is 12.4 Å². The zero-order valence-corrected chi connectivity index (χ0v) is 9.15. The third-order valence-corrected chi connectivity index (χ3v) is 2.68. The summed E-state index contributed by atoms with van der Waals surface area (Å²) in [6, 6.07) is 6.02. The van der Waals surface area contributed by atoms with Crippen molar-refractivity contribution in [2.45, 2.75) is 4.90 Å². The van der Waals surface area contributed by atoms with Crippen LogP contribution in [0.3, 0.4) is 0 Å². The van der Waals surface area contributed by atoms with Crippen molar-refractivity contribution in [1.29, 1.82) is 5.41 Å². The van der Waals surface area contributed by atoms with Gasteiger partial charge in [0.25, 0.3) is 0 Å². The molecule has 0 radical (unpaired) electrons. The predicted molar refractivity (Wildman–Crippen MR) is 57.8 cm³/mol. The first kappa shape index (κ1) is 12.9. The van der Waals surface area contributed by atoms with Crippen LogP contribution in [0.5, 0.6) is 0 Å². The molecule has 0 amide bonds. The highest BCUT2D eigenvalue weighted by molar-refractivity contribution is 7.90. The van der Waals surface area contributed by atoms with Gasteiger partial charge in [-0.3, -0.25) is 5.41 Å². The highest BCUT2D eigenvalue weighted by Gasteiger charge is 2.07. The SMILES string of the molecule is CS(=O)(=O)c1cccc(C(=N)N)c1.Cl. The summed E-state index contributed by atoms with van der Waals surface area (Å²) in [7, 11) is -3.21. The lowest BCUT2D eigenvalue weighted by molar-refractivity contribution is 0.602. The van der Waals surface area contributed by atoms with E-state index < -0.39 is 9.84 Å². The Hall–Kier alpha value is -1.07. The smallest absolute Gasteiger partial charge is 0.175 e. The molecule has 3 N–H and O–H groups in total. The lowest BCUT2D eigenvalue weighted by Crippen LogP contribution is -2.11. The summed E-state index contributed by atoms with van der Waals surface area (Å²) in [6.45, 7) is 0. The van der Waals surface area contributed by atoms with Crippen molar-refractivity contribution in [3.63, 3.8) is 0 Å². The molecule has 78 valence electrons. The van der Waals surface area contributed by atoms with Crippen LogP contribution >= 0.6 is 12.4 Å². The van der Waals surface area contributed by atoms with Crippen molar-refractivity contribution >= 4 is 28.1 Å². The van der Waals surface area contributed by atoms with Gasteiger partial charge < -0.3 is 5.73 Å². The van der Waals surface area contributed by atoms with Crippen LogP contribution in [0.25, 0.3) is 0 Å². The highest BCUT2D eigenvalue weighted by Crippen LogP contribution is 2.10. The number of nitrogens with one attached hydrogen (secondary N) is 1. The van der Waals surface area contributed by atoms with Gasteiger partial charge in [0.15, 0.2) is 9.84 Å². The van der Waals surface area contributed by atoms with Crippen molar-refractivity contribution < 1.29 is 8.42 Å². The predicted octanol–water partition coefficient (Wildman–Crippen LogP) is 0.796. The van der Waals surface area contributed by atoms with Crippen molar-refractivity contribution in [2.24, 2.45) is 5.73 Å². The number of benzene rings is 1. The van der Waals surface area contributed by atoms with E-state index in [0.29, 0.717) is 5.56 Å². The maximum atomic E-state index is 11.1. The van der Waals surface area contributed by atoms with Crippen LogP contribution in [0, 0.1) is 5.41 Å². The van der Waals surface area contributed by atoms with E-state index in [4.69, 9.17) is 11.1 Å². The molecule has 0 saturated heterocycles. The van der Waals surface area contributed by atoms with E-state index in [1.807, 2.05) is 0 Å². The van der Waals surface area contributed by atoms with E-state index in [0.717, 1.165) is 6.26 Å². The van der Waals surface area contributed by atoms with Gasteiger partial charge in [0.05, 0.1) is 4.90 Å². The lowest BCUT2D eigenvalue weighted by atomic mass is 10.2. The molecule has 0 aliphatic carbocycles. The van der Waals surface area contributed by atoms with Crippen LogP contribution in [0.2, 0.25) is 0 Å². The minimum Gasteiger partial charge on any atom is -0.384 e. The first-order chi connectivity index (χ1) is 5.91. The number of sulfone groups is 1. The molecule has 0 aliphatic heterocycles. The molecule has 0 saturated carbocycles. The molecule has 1 aromatic rings. The van der Waals surface area contributed by atoms with Gasteiger partial charge in [-0.1, -0.05) is 12.1 Å². The molecular formula is C8H11ClN2O2S. The maximum absolute atomic E-state index is 11.1. The van der Waals surface area contributed by atoms with Crippen LogP contribution in [-0.4, -0.2) is 20.5 Å². The van der Waals surface area contributed by atoms with Crippen LogP contribution in [-0.2, 0) is 9.84 Å². The second-order valence-corrected chi connectivity index (χ2v) is 4.73. The lowest BCUT2D eigenvalue weighted by Gasteiger charge is -2.01. The summed E-state index contributed by atoms with van der Waals surface area (Å²) < 4.78 is 22.2. The molecule has 0 fully saturated rings. The zero-order valence-electron chi connectivity index (χ0n) is 7.52. The van der Waals surface area contributed by atoms with Gasteiger partial charge >= 0.3 is 0 Å². The second-order valence-electron chi connectivity index (χ2n) is 2.71. The van der Waals surface area contributed by atoms with Gasteiger partial charge in [0.1, 0.15) is 5.84 Å². The average molecular weight is 235 g/mol. The molecule has 1 rings (SSSR count). The number of hydrogen-bond donors (Lipinski definition) is 2. The van der Waals surface area contributed by atoms with E-state index in [-0.39, 0.29) is 23.1 Å². The molecule has 4 nitrogen and oxygen atoms in total. The Morgan fingerprint density at radius 3 is 2.43 bits per heavy atom. The fraction of sp³-hybridized carbons (Fsp3) is 0.125. The first-order valence-electron chi connectivity index (χ1n) is 3.56. The van der Waals surface area contributed by atoms with Gasteiger partial charge in [-0.2, -0.15) is 0 Å². The number of amidine groups is 1. The number of rotatable bonds is 2. The fourth-order valence-electron chi connectivity index (χ4n) is 0.894. The summed E-state index contributed by atoms with van der Waals surface area (Å²) in [5.74, 6) is -0.134. The molecule has 0 aromatic heterocycles. The quantitative estimate of drug-likeness (QED) is 0.586. The molecule has 0 heterocycles. The molecule has 0 unspecified atom stereocenters. The average Bonchev–Trinajstić information content (AvgIpc) is 2.03. The van der Waals surface area contributed by atoms with Gasteiger partial charge in [-0.25, -0.2) is 8.42 Å². The molecule has 0 atom stereocenters. The van der Waals surface area contributed by atoms with E-state index in [1.54, 1.807) is 12.1 Å². The van der Waals surface area contributed by atoms with Crippen LogP contribution in [0.1, 0.15) is 5.56 Å². The third-order valence-electron chi connectivity index (χ3n) is 1.57. The summed E-state index contributed by atoms with van der Waals surface area (Å²) in [5.41, 5.74) is 5.63. The molecule has 6 heteroatoms. The Kier molecular flexibility index (Phi) is 4.09. The number of nitrogens with two attached hydrogens (primary N) is 1. The molecule has 14 heavy (non-hydrogen) atoms. The van der Waals surface area contributed by atoms with Gasteiger partial charge in [-0.05, 0) is 12.1 Å². The maximum Gasteiger partial charge on any atom is 0.175 e. The van der Waals surface area contributed by atoms with Crippen molar-refractivity contribution in [3.8, 4) is 0 Å². The standard InChI is InChI=1S/C8H10N2O2S.ClH/c1-13(11,12)7-4-2-3-6(5-7)8(9)10;/h2-5H,1H3,(H3,9,10);1H. The summed E-state index contributed by atoms with van der Waals surface area (Å²) in [5, 5.41) is 7.12. The second kappa shape index (κ2) is 4.43. The highest BCUT2D eigenvalue weighted by atomic mass is 35.5. The number of halogens is 1. The Balaban J connectivity index is 0.00000169. The molecule has 0 aliphatic rings. The molecular weight excluding hydrogens is 224 g/mol. The third kappa shape index (κ3) is 3.01. The van der Waals surface area contributed by atoms with Gasteiger partial charge in [0.2, 0.25) is 0 Å². The first-order valence-corrected chi connectivity index (χ1v) is 5.45. The zero-order chi connectivity index (χ0) is 10.1. The minimum atomic E-state index is -3.21. The van der Waals surface area contributed by atoms with Crippen molar-refractivity contribution in [2.75, 3.05) is 6.26 Å². The minimum absolute atomic E-state index is 0. The Morgan fingerprint density at radius 1 is 1.43 bits per heavy atom.